The van der Waals surface area contributed by atoms with Crippen molar-refractivity contribution in [2.24, 2.45) is 0 Å². The molecule has 3 aromatic rings. The lowest BCUT2D eigenvalue weighted by atomic mass is 10.00. The zero-order valence-corrected chi connectivity index (χ0v) is 49.4. The number of fused-ring (bicyclic) bond motifs is 4. The maximum absolute atomic E-state index is 13.6. The number of carbonyl (C=O) groups is 4. The molecule has 8 atom stereocenters. The van der Waals surface area contributed by atoms with E-state index in [1.54, 1.807) is 118 Å². The topological polar surface area (TPSA) is 223 Å². The summed E-state index contributed by atoms with van der Waals surface area (Å²) in [5.41, 5.74) is 1.31. The van der Waals surface area contributed by atoms with E-state index in [4.69, 9.17) is 56.8 Å². The molecule has 3 N–H and O–H groups in total. The number of esters is 2. The van der Waals surface area contributed by atoms with Crippen LogP contribution >= 0.6 is 0 Å². The Morgan fingerprint density at radius 3 is 1.45 bits per heavy atom. The van der Waals surface area contributed by atoms with Gasteiger partial charge in [-0.25, -0.2) is 19.2 Å². The first-order chi connectivity index (χ1) is 38.0. The summed E-state index contributed by atoms with van der Waals surface area (Å²) >= 11 is 0. The van der Waals surface area contributed by atoms with Crippen molar-refractivity contribution >= 4 is 47.7 Å². The number of carbonyl (C=O) groups excluding carboxylic acids is 4. The van der Waals surface area contributed by atoms with Gasteiger partial charge in [-0.15, -0.1) is 0 Å². The van der Waals surface area contributed by atoms with E-state index >= 15 is 0 Å². The summed E-state index contributed by atoms with van der Waals surface area (Å²) in [5, 5.41) is 16.1. The highest BCUT2D eigenvalue weighted by molar-refractivity contribution is 6.04. The molecule has 0 spiro atoms. The minimum Gasteiger partial charge on any atom is -0.497 e. The van der Waals surface area contributed by atoms with Gasteiger partial charge in [0.15, 0.2) is 11.6 Å². The molecular formula is C64H90N2O17. The molecule has 19 heteroatoms. The van der Waals surface area contributed by atoms with Gasteiger partial charge in [-0.3, -0.25) is 10.6 Å². The van der Waals surface area contributed by atoms with Crippen LogP contribution in [0.1, 0.15) is 161 Å². The molecule has 83 heavy (non-hydrogen) atoms. The Balaban J connectivity index is 0.000000356. The van der Waals surface area contributed by atoms with Crippen LogP contribution in [0.4, 0.5) is 21.0 Å². The second-order valence-corrected chi connectivity index (χ2v) is 23.0. The highest BCUT2D eigenvalue weighted by atomic mass is 16.8. The largest absolute Gasteiger partial charge is 0.497 e. The summed E-state index contributed by atoms with van der Waals surface area (Å²) in [5.74, 6) is -1.22. The molecule has 2 saturated heterocycles. The Kier molecular flexibility index (Phi) is 24.6. The van der Waals surface area contributed by atoms with E-state index in [1.165, 1.54) is 14.2 Å². The third-order valence-electron chi connectivity index (χ3n) is 12.7. The van der Waals surface area contributed by atoms with Crippen LogP contribution in [-0.4, -0.2) is 122 Å². The fraction of sp³-hybridized carbons (Fsp3) is 0.531. The Morgan fingerprint density at radius 2 is 1.01 bits per heavy atom. The van der Waals surface area contributed by atoms with Crippen molar-refractivity contribution in [2.75, 3.05) is 32.0 Å². The van der Waals surface area contributed by atoms with E-state index in [0.717, 1.165) is 11.3 Å². The Bertz CT molecular complexity index is 2790. The van der Waals surface area contributed by atoms with Crippen LogP contribution in [0.25, 0.3) is 12.2 Å². The van der Waals surface area contributed by atoms with Crippen LogP contribution < -0.4 is 24.8 Å². The fourth-order valence-corrected chi connectivity index (χ4v) is 9.25. The number of benzene rings is 3. The number of aliphatic hydroxyl groups excluding tert-OH is 1. The second-order valence-electron chi connectivity index (χ2n) is 23.0. The van der Waals surface area contributed by atoms with Crippen LogP contribution in [0.15, 0.2) is 85.0 Å². The molecule has 0 aromatic heterocycles. The maximum Gasteiger partial charge on any atom is 0.412 e. The van der Waals surface area contributed by atoms with Gasteiger partial charge in [0.1, 0.15) is 65.1 Å². The molecule has 7 rings (SSSR count). The van der Waals surface area contributed by atoms with Gasteiger partial charge in [0.2, 0.25) is 0 Å². The molecular weight excluding hydrogens is 1070 g/mol. The lowest BCUT2D eigenvalue weighted by Crippen LogP contribution is -2.36. The van der Waals surface area contributed by atoms with Gasteiger partial charge in [0.25, 0.3) is 0 Å². The van der Waals surface area contributed by atoms with Crippen LogP contribution in [0.5, 0.6) is 17.2 Å². The average molecular weight is 1160 g/mol. The van der Waals surface area contributed by atoms with Gasteiger partial charge >= 0.3 is 24.1 Å². The van der Waals surface area contributed by atoms with E-state index in [0.29, 0.717) is 54.9 Å². The van der Waals surface area contributed by atoms with Crippen LogP contribution in [-0.2, 0) is 49.2 Å². The van der Waals surface area contributed by atoms with Gasteiger partial charge in [-0.05, 0) is 137 Å². The highest BCUT2D eigenvalue weighted by Crippen LogP contribution is 2.37. The van der Waals surface area contributed by atoms with Crippen molar-refractivity contribution in [1.29, 1.82) is 0 Å². The predicted molar refractivity (Wildman–Crippen MR) is 319 cm³/mol. The molecule has 0 saturated carbocycles. The van der Waals surface area contributed by atoms with Crippen molar-refractivity contribution in [2.45, 2.75) is 202 Å². The molecule has 4 aliphatic rings. The number of hydrogen-bond acceptors (Lipinski definition) is 17. The molecule has 4 aliphatic heterocycles. The summed E-state index contributed by atoms with van der Waals surface area (Å²) < 4.78 is 69.7. The smallest absolute Gasteiger partial charge is 0.412 e. The standard InChI is InChI=1S/C35H45NO9.C27H37NO8.2CH4/c1-22-11-9-13-28(41-21-23-15-17-25(39-7)18-16-23)31-29(43-35(5,6)44-31)14-10-12-24-19-26(40-8)20-27(30(24)32(37)42-22)36-33(38)45-34(2,3)4;1-16-10-8-12-20(29)23-21(34-27(5,6)35-23)13-9-11-17-14-18(32-7)15-19(22(17)24(30)33-16)28-25(31)36-26(2,3)4;;/h9-10,12-13,15-20,22,28-29,31H,11,14,21H2,1-8H3,(H,36,38);8-9,11-12,14-16,20-21,23,29H,10,13H2,1-7H3,(H,28,31);2*1H4/b12-10+,13-9-;11-9?,12-8-;;/t22-,28?,29-,31+;16-,20?,21-,23+;;/m00../s1. The van der Waals surface area contributed by atoms with Gasteiger partial charge < -0.3 is 61.9 Å². The number of nitrogens with one attached hydrogen (secondary N) is 2. The monoisotopic (exact) mass is 1160 g/mol. The van der Waals surface area contributed by atoms with Crippen LogP contribution in [0.2, 0.25) is 0 Å². The number of anilines is 2. The molecule has 2 fully saturated rings. The van der Waals surface area contributed by atoms with Gasteiger partial charge in [-0.2, -0.15) is 0 Å². The molecule has 0 radical (unpaired) electrons. The van der Waals surface area contributed by atoms with E-state index in [-0.39, 0.29) is 43.5 Å². The Labute approximate surface area is 490 Å². The number of rotatable bonds is 8. The van der Waals surface area contributed by atoms with Crippen LogP contribution in [0.3, 0.4) is 0 Å². The summed E-state index contributed by atoms with van der Waals surface area (Å²) in [6, 6.07) is 14.2. The SMILES string of the molecule is C.C.COc1cc2c(c(NC(=O)OC(C)(C)C)c1)C(=O)O[C@@H](C)C/C=C\C(O)[C@H]1OC(C)(C)O[C@H]1CC=C2.COc1ccc(COC2/C=C\C[C@H](C)OC(=O)c3c(cc(OC)cc3NC(=O)OC(C)(C)C)/C=C/C[C@@H]3OC(C)(C)O[C@H]23)cc1. The van der Waals surface area contributed by atoms with Gasteiger partial charge in [0.05, 0.1) is 62.6 Å². The number of methoxy groups -OCH3 is 3. The predicted octanol–water partition coefficient (Wildman–Crippen LogP) is 13.2. The number of amides is 2. The third-order valence-corrected chi connectivity index (χ3v) is 12.7. The molecule has 19 nitrogen and oxygen atoms in total. The van der Waals surface area contributed by atoms with Crippen molar-refractivity contribution < 1.29 is 81.1 Å². The first-order valence-electron chi connectivity index (χ1n) is 27.2. The minimum atomic E-state index is -0.881. The molecule has 0 bridgehead atoms. The lowest BCUT2D eigenvalue weighted by Gasteiger charge is -2.25. The number of hydrogen-bond donors (Lipinski definition) is 3. The maximum atomic E-state index is 13.6. The van der Waals surface area contributed by atoms with E-state index in [1.807, 2.05) is 69.3 Å². The quantitative estimate of drug-likeness (QED) is 0.108. The van der Waals surface area contributed by atoms with E-state index in [2.05, 4.69) is 10.6 Å². The zero-order chi connectivity index (χ0) is 59.5. The highest BCUT2D eigenvalue weighted by Gasteiger charge is 2.45. The zero-order valence-electron chi connectivity index (χ0n) is 49.4. The lowest BCUT2D eigenvalue weighted by molar-refractivity contribution is -0.156. The number of cyclic esters (lactones) is 2. The Morgan fingerprint density at radius 1 is 0.590 bits per heavy atom. The summed E-state index contributed by atoms with van der Waals surface area (Å²) in [4.78, 5) is 52.2. The Hall–Kier alpha value is -6.74. The fourth-order valence-electron chi connectivity index (χ4n) is 9.25. The van der Waals surface area contributed by atoms with E-state index < -0.39 is 89.6 Å². The molecule has 2 unspecified atom stereocenters. The number of aliphatic hydroxyl groups is 1. The van der Waals surface area contributed by atoms with E-state index in [9.17, 15) is 24.3 Å². The molecule has 458 valence electrons. The first-order valence-corrected chi connectivity index (χ1v) is 27.2. The molecule has 0 aliphatic carbocycles. The van der Waals surface area contributed by atoms with Gasteiger partial charge in [0, 0.05) is 25.0 Å². The molecule has 2 amide bonds. The first kappa shape index (κ1) is 68.8. The minimum absolute atomic E-state index is 0. The third kappa shape index (κ3) is 20.5. The van der Waals surface area contributed by atoms with Crippen molar-refractivity contribution in [1.82, 2.24) is 0 Å². The van der Waals surface area contributed by atoms with Crippen molar-refractivity contribution in [3.63, 3.8) is 0 Å². The molecule has 3 aromatic carbocycles. The normalized spacial score (nSPS) is 25.2. The van der Waals surface area contributed by atoms with Crippen molar-refractivity contribution in [3.05, 3.63) is 113 Å². The molecule has 4 heterocycles. The second kappa shape index (κ2) is 29.7. The summed E-state index contributed by atoms with van der Waals surface area (Å²) in [6.07, 6.45) is 10.8. The average Bonchev–Trinajstić information content (AvgIpc) is 4.03. The number of ether oxygens (including phenoxy) is 12. The summed E-state index contributed by atoms with van der Waals surface area (Å²) in [7, 11) is 4.64. The summed E-state index contributed by atoms with van der Waals surface area (Å²) in [6.45, 7) is 21.8. The van der Waals surface area contributed by atoms with Gasteiger partial charge in [-0.1, -0.05) is 75.6 Å². The van der Waals surface area contributed by atoms with Crippen molar-refractivity contribution in [3.8, 4) is 17.2 Å². The van der Waals surface area contributed by atoms with Crippen LogP contribution in [0, 0.1) is 0 Å².